The number of benzene rings is 3. The van der Waals surface area contributed by atoms with Gasteiger partial charge in [0.15, 0.2) is 0 Å². The summed E-state index contributed by atoms with van der Waals surface area (Å²) < 4.78 is 2.29. The van der Waals surface area contributed by atoms with Gasteiger partial charge in [-0.1, -0.05) is 66.7 Å². The van der Waals surface area contributed by atoms with Gasteiger partial charge in [0.1, 0.15) is 0 Å². The standard InChI is InChI=1S/C26H18N2/c1-28-23-15-8-13-20-18-10-3-2-9-17(18)19-11-4-5-12-21(19)25(24(20)23)26(28)22-14-6-7-16-27-22/h2-16H,1H3. The topological polar surface area (TPSA) is 17.8 Å². The normalized spacial score (nSPS) is 11.8. The molecule has 5 aromatic rings. The van der Waals surface area contributed by atoms with Crippen molar-refractivity contribution in [1.82, 2.24) is 9.55 Å². The first-order valence-electron chi connectivity index (χ1n) is 9.56. The predicted octanol–water partition coefficient (Wildman–Crippen LogP) is 6.55. The van der Waals surface area contributed by atoms with Crippen LogP contribution in [0.5, 0.6) is 0 Å². The minimum atomic E-state index is 1.00. The molecule has 3 aromatic carbocycles. The fraction of sp³-hybridized carbons (Fsp3) is 0.0385. The van der Waals surface area contributed by atoms with E-state index in [-0.39, 0.29) is 0 Å². The summed E-state index contributed by atoms with van der Waals surface area (Å²) in [5.74, 6) is 0. The van der Waals surface area contributed by atoms with Crippen LogP contribution in [-0.4, -0.2) is 9.55 Å². The lowest BCUT2D eigenvalue weighted by Crippen LogP contribution is -1.95. The number of fused-ring (bicyclic) bond motifs is 5. The van der Waals surface area contributed by atoms with E-state index in [4.69, 9.17) is 4.98 Å². The summed E-state index contributed by atoms with van der Waals surface area (Å²) in [6.45, 7) is 0. The molecule has 2 aromatic heterocycles. The van der Waals surface area contributed by atoms with Crippen molar-refractivity contribution in [2.75, 3.05) is 0 Å². The third-order valence-corrected chi connectivity index (χ3v) is 5.84. The van der Waals surface area contributed by atoms with E-state index in [0.717, 1.165) is 5.69 Å². The van der Waals surface area contributed by atoms with Gasteiger partial charge in [-0.2, -0.15) is 0 Å². The highest BCUT2D eigenvalue weighted by atomic mass is 15.0. The van der Waals surface area contributed by atoms with Crippen LogP contribution in [0.15, 0.2) is 91.1 Å². The molecule has 0 unspecified atom stereocenters. The molecule has 0 radical (unpaired) electrons. The lowest BCUT2D eigenvalue weighted by molar-refractivity contribution is 0.971. The second-order valence-electron chi connectivity index (χ2n) is 7.29. The molecule has 28 heavy (non-hydrogen) atoms. The smallest absolute Gasteiger partial charge is 0.0873 e. The zero-order chi connectivity index (χ0) is 18.7. The minimum Gasteiger partial charge on any atom is -0.342 e. The maximum Gasteiger partial charge on any atom is 0.0873 e. The van der Waals surface area contributed by atoms with Gasteiger partial charge in [-0.15, -0.1) is 0 Å². The van der Waals surface area contributed by atoms with E-state index < -0.39 is 0 Å². The van der Waals surface area contributed by atoms with Gasteiger partial charge >= 0.3 is 0 Å². The summed E-state index contributed by atoms with van der Waals surface area (Å²) in [5.41, 5.74) is 11.1. The summed E-state index contributed by atoms with van der Waals surface area (Å²) in [5, 5.41) is 1.31. The van der Waals surface area contributed by atoms with Crippen LogP contribution in [0.25, 0.3) is 55.7 Å². The fourth-order valence-electron chi connectivity index (χ4n) is 4.67. The van der Waals surface area contributed by atoms with Crippen molar-refractivity contribution in [3.63, 3.8) is 0 Å². The Hall–Kier alpha value is -3.65. The van der Waals surface area contributed by atoms with Gasteiger partial charge in [-0.25, -0.2) is 0 Å². The average molecular weight is 358 g/mol. The number of aromatic nitrogens is 2. The Morgan fingerprint density at radius 1 is 0.607 bits per heavy atom. The molecule has 132 valence electrons. The van der Waals surface area contributed by atoms with Gasteiger partial charge in [0.2, 0.25) is 0 Å². The van der Waals surface area contributed by atoms with Gasteiger partial charge in [0, 0.05) is 29.7 Å². The summed E-state index contributed by atoms with van der Waals surface area (Å²) in [6, 6.07) is 30.2. The largest absolute Gasteiger partial charge is 0.342 e. The number of aryl methyl sites for hydroxylation is 1. The minimum absolute atomic E-state index is 1.00. The third-order valence-electron chi connectivity index (χ3n) is 5.84. The Morgan fingerprint density at radius 3 is 1.93 bits per heavy atom. The second kappa shape index (κ2) is 5.67. The van der Waals surface area contributed by atoms with Crippen LogP contribution < -0.4 is 0 Å². The van der Waals surface area contributed by atoms with Crippen molar-refractivity contribution in [3.05, 3.63) is 91.1 Å². The molecule has 0 amide bonds. The molecule has 6 rings (SSSR count). The molecule has 1 aliphatic rings. The Balaban J connectivity index is 1.89. The van der Waals surface area contributed by atoms with Crippen molar-refractivity contribution in [2.45, 2.75) is 0 Å². The zero-order valence-corrected chi connectivity index (χ0v) is 15.6. The Morgan fingerprint density at radius 2 is 1.21 bits per heavy atom. The first kappa shape index (κ1) is 15.4. The van der Waals surface area contributed by atoms with Crippen LogP contribution in [0.3, 0.4) is 0 Å². The highest BCUT2D eigenvalue weighted by molar-refractivity contribution is 6.17. The monoisotopic (exact) mass is 358 g/mol. The lowest BCUT2D eigenvalue weighted by Gasteiger charge is -2.13. The maximum absolute atomic E-state index is 4.70. The number of nitrogens with zero attached hydrogens (tertiary/aromatic N) is 2. The first-order chi connectivity index (χ1) is 13.8. The third kappa shape index (κ3) is 1.95. The van der Waals surface area contributed by atoms with E-state index in [1.165, 1.54) is 50.0 Å². The van der Waals surface area contributed by atoms with Gasteiger partial charge < -0.3 is 4.57 Å². The molecule has 0 fully saturated rings. The first-order valence-corrected chi connectivity index (χ1v) is 9.56. The van der Waals surface area contributed by atoms with Crippen LogP contribution in [0.2, 0.25) is 0 Å². The number of pyridine rings is 1. The summed E-state index contributed by atoms with van der Waals surface area (Å²) in [7, 11) is 2.15. The molecule has 0 saturated heterocycles. The summed E-state index contributed by atoms with van der Waals surface area (Å²) in [6.07, 6.45) is 1.87. The number of hydrogen-bond acceptors (Lipinski definition) is 1. The molecule has 2 heterocycles. The second-order valence-corrected chi connectivity index (χ2v) is 7.29. The summed E-state index contributed by atoms with van der Waals surface area (Å²) in [4.78, 5) is 4.70. The number of rotatable bonds is 1. The van der Waals surface area contributed by atoms with Crippen LogP contribution in [-0.2, 0) is 7.05 Å². The van der Waals surface area contributed by atoms with Crippen molar-refractivity contribution in [3.8, 4) is 44.8 Å². The molecule has 0 saturated carbocycles. The maximum atomic E-state index is 4.70. The van der Waals surface area contributed by atoms with Gasteiger partial charge in [-0.05, 0) is 46.0 Å². The molecule has 0 bridgehead atoms. The molecule has 1 aliphatic carbocycles. The van der Waals surface area contributed by atoms with Crippen LogP contribution in [0, 0.1) is 0 Å². The molecule has 2 nitrogen and oxygen atoms in total. The quantitative estimate of drug-likeness (QED) is 0.326. The molecular weight excluding hydrogens is 340 g/mol. The van der Waals surface area contributed by atoms with Gasteiger partial charge in [-0.3, -0.25) is 4.98 Å². The van der Waals surface area contributed by atoms with Crippen molar-refractivity contribution < 1.29 is 0 Å². The zero-order valence-electron chi connectivity index (χ0n) is 15.6. The SMILES string of the molecule is Cn1c(-c2ccccn2)c2c3c(cccc31)-c1ccccc1-c1ccccc1-2. The molecule has 0 spiro atoms. The molecular formula is C26H18N2. The van der Waals surface area contributed by atoms with Crippen LogP contribution in [0.4, 0.5) is 0 Å². The lowest BCUT2D eigenvalue weighted by atomic mass is 9.93. The van der Waals surface area contributed by atoms with Crippen molar-refractivity contribution >= 4 is 10.9 Å². The number of hydrogen-bond donors (Lipinski definition) is 0. The van der Waals surface area contributed by atoms with E-state index in [9.17, 15) is 0 Å². The fourth-order valence-corrected chi connectivity index (χ4v) is 4.67. The Kier molecular flexibility index (Phi) is 3.12. The Bertz CT molecular complexity index is 1360. The Labute approximate surface area is 163 Å². The molecule has 0 aliphatic heterocycles. The summed E-state index contributed by atoms with van der Waals surface area (Å²) >= 11 is 0. The van der Waals surface area contributed by atoms with Crippen LogP contribution in [0.1, 0.15) is 0 Å². The average Bonchev–Trinajstić information content (AvgIpc) is 3.00. The highest BCUT2D eigenvalue weighted by Gasteiger charge is 2.27. The van der Waals surface area contributed by atoms with Crippen molar-refractivity contribution in [2.24, 2.45) is 7.05 Å². The molecule has 2 heteroatoms. The van der Waals surface area contributed by atoms with Gasteiger partial charge in [0.25, 0.3) is 0 Å². The van der Waals surface area contributed by atoms with E-state index in [0.29, 0.717) is 0 Å². The molecule has 0 atom stereocenters. The predicted molar refractivity (Wildman–Crippen MR) is 116 cm³/mol. The molecule has 0 N–H and O–H groups in total. The highest BCUT2D eigenvalue weighted by Crippen LogP contribution is 2.51. The van der Waals surface area contributed by atoms with Gasteiger partial charge in [0.05, 0.1) is 11.4 Å². The van der Waals surface area contributed by atoms with Crippen molar-refractivity contribution in [1.29, 1.82) is 0 Å². The van der Waals surface area contributed by atoms with E-state index in [2.05, 4.69) is 90.5 Å². The van der Waals surface area contributed by atoms with Crippen LogP contribution >= 0.6 is 0 Å². The van der Waals surface area contributed by atoms with E-state index >= 15 is 0 Å². The van der Waals surface area contributed by atoms with E-state index in [1.807, 2.05) is 12.3 Å². The van der Waals surface area contributed by atoms with E-state index in [1.54, 1.807) is 0 Å².